The molecule has 5 atom stereocenters. The summed E-state index contributed by atoms with van der Waals surface area (Å²) in [7, 11) is 1.34. The minimum atomic E-state index is -0.720. The number of rotatable bonds is 3. The van der Waals surface area contributed by atoms with Gasteiger partial charge >= 0.3 is 5.97 Å². The molecule has 2 aliphatic heterocycles. The molecule has 0 bridgehead atoms. The van der Waals surface area contributed by atoms with Gasteiger partial charge in [0.1, 0.15) is 6.04 Å². The Morgan fingerprint density at radius 1 is 1.38 bits per heavy atom. The minimum Gasteiger partial charge on any atom is -0.467 e. The Kier molecular flexibility index (Phi) is 3.78. The molecule has 1 aliphatic carbocycles. The predicted molar refractivity (Wildman–Crippen MR) is 104 cm³/mol. The van der Waals surface area contributed by atoms with Crippen LogP contribution in [-0.2, 0) is 26.3 Å². The first-order valence-corrected chi connectivity index (χ1v) is 10.00. The molecule has 29 heavy (non-hydrogen) atoms. The first kappa shape index (κ1) is 18.1. The largest absolute Gasteiger partial charge is 0.467 e. The zero-order chi connectivity index (χ0) is 20.5. The van der Waals surface area contributed by atoms with Crippen LogP contribution in [0.25, 0.3) is 10.9 Å². The maximum Gasteiger partial charge on any atom is 0.328 e. The number of amides is 1. The van der Waals surface area contributed by atoms with Gasteiger partial charge in [0.2, 0.25) is 12.5 Å². The third-order valence-corrected chi connectivity index (χ3v) is 7.38. The number of methoxy groups -OCH3 is 1. The number of para-hydroxylation sites is 1. The van der Waals surface area contributed by atoms with E-state index < -0.39 is 17.6 Å². The van der Waals surface area contributed by atoms with Gasteiger partial charge in [-0.3, -0.25) is 14.9 Å². The highest BCUT2D eigenvalue weighted by Gasteiger charge is 2.68. The van der Waals surface area contributed by atoms with E-state index in [4.69, 9.17) is 4.74 Å². The molecule has 8 nitrogen and oxygen atoms in total. The van der Waals surface area contributed by atoms with E-state index in [1.165, 1.54) is 7.11 Å². The summed E-state index contributed by atoms with van der Waals surface area (Å²) >= 11 is 0. The van der Waals surface area contributed by atoms with Gasteiger partial charge in [-0.1, -0.05) is 25.1 Å². The average Bonchev–Trinajstić information content (AvgIpc) is 3.28. The van der Waals surface area contributed by atoms with Gasteiger partial charge in [-0.25, -0.2) is 4.79 Å². The Hall–Kier alpha value is -2.90. The number of aromatic amines is 1. The lowest BCUT2D eigenvalue weighted by atomic mass is 9.76. The molecule has 1 aromatic heterocycles. The van der Waals surface area contributed by atoms with E-state index in [-0.39, 0.29) is 41.5 Å². The molecule has 152 valence electrons. The van der Waals surface area contributed by atoms with Gasteiger partial charge in [-0.2, -0.15) is 0 Å². The second-order valence-corrected chi connectivity index (χ2v) is 8.63. The molecule has 3 aliphatic rings. The van der Waals surface area contributed by atoms with Crippen LogP contribution in [0.2, 0.25) is 0 Å². The number of nitrogens with zero attached hydrogens (tertiary/aromatic N) is 2. The number of esters is 1. The van der Waals surface area contributed by atoms with Crippen molar-refractivity contribution in [2.24, 2.45) is 17.8 Å². The van der Waals surface area contributed by atoms with Crippen LogP contribution in [0.4, 0.5) is 0 Å². The minimum absolute atomic E-state index is 0.0664. The normalized spacial score (nSPS) is 32.8. The van der Waals surface area contributed by atoms with Crippen LogP contribution in [0.5, 0.6) is 0 Å². The van der Waals surface area contributed by atoms with E-state index in [1.807, 2.05) is 31.2 Å². The highest BCUT2D eigenvalue weighted by Crippen LogP contribution is 2.62. The van der Waals surface area contributed by atoms with Crippen molar-refractivity contribution in [1.82, 2.24) is 9.88 Å². The fraction of sp³-hybridized carbons (Fsp3) is 0.524. The molecule has 1 aromatic carbocycles. The first-order chi connectivity index (χ1) is 13.9. The number of hydrogen-bond acceptors (Lipinski definition) is 5. The first-order valence-electron chi connectivity index (χ1n) is 10.00. The number of H-pyrrole nitrogens is 1. The molecule has 5 rings (SSSR count). The third-order valence-electron chi connectivity index (χ3n) is 7.38. The topological polar surface area (TPSA) is 106 Å². The van der Waals surface area contributed by atoms with Gasteiger partial charge in [0.05, 0.1) is 12.6 Å². The van der Waals surface area contributed by atoms with Crippen LogP contribution < -0.4 is 0 Å². The summed E-state index contributed by atoms with van der Waals surface area (Å²) in [6.45, 7) is 1.86. The maximum absolute atomic E-state index is 13.1. The van der Waals surface area contributed by atoms with Gasteiger partial charge in [0.25, 0.3) is 0 Å². The number of carbonyl (C=O) groups is 2. The van der Waals surface area contributed by atoms with E-state index in [2.05, 4.69) is 4.98 Å². The fourth-order valence-electron chi connectivity index (χ4n) is 6.38. The standard InChI is InChI=1S/C21H23N3O5/c1-11-9-21-15(14(11)10-23(27)28)8-18(25)24(21)17(20(26)29-2)7-13-12-5-3-4-6-16(12)22-19(13)21/h3-6,11,14-15,17,22H,7-10H2,1-2H3/t11-,14?,15-,17-,21?/m0/s1. The van der Waals surface area contributed by atoms with Crippen LogP contribution in [0.3, 0.4) is 0 Å². The Morgan fingerprint density at radius 2 is 2.14 bits per heavy atom. The van der Waals surface area contributed by atoms with Crippen LogP contribution in [-0.4, -0.2) is 46.4 Å². The number of ether oxygens (including phenoxy) is 1. The summed E-state index contributed by atoms with van der Waals surface area (Å²) in [5, 5.41) is 12.4. The molecule has 1 N–H and O–H groups in total. The molecular weight excluding hydrogens is 374 g/mol. The van der Waals surface area contributed by atoms with Crippen molar-refractivity contribution in [2.75, 3.05) is 13.7 Å². The Bertz CT molecular complexity index is 1050. The Balaban J connectivity index is 1.76. The van der Waals surface area contributed by atoms with Crippen molar-refractivity contribution in [3.8, 4) is 0 Å². The molecule has 2 aromatic rings. The number of nitrogens with one attached hydrogen (secondary N) is 1. The Morgan fingerprint density at radius 3 is 2.86 bits per heavy atom. The molecule has 2 fully saturated rings. The SMILES string of the molecule is COC(=O)[C@@H]1Cc2c([nH]c3ccccc23)C23C[C@H](C)C(C[N+](=O)[O-])[C@@H]2CC(=O)N13. The van der Waals surface area contributed by atoms with Gasteiger partial charge in [0.15, 0.2) is 0 Å². The number of aromatic nitrogens is 1. The smallest absolute Gasteiger partial charge is 0.328 e. The second kappa shape index (κ2) is 6.05. The zero-order valence-electron chi connectivity index (χ0n) is 16.4. The quantitative estimate of drug-likeness (QED) is 0.486. The van der Waals surface area contributed by atoms with E-state index >= 15 is 0 Å². The number of benzene rings is 1. The average molecular weight is 397 g/mol. The summed E-state index contributed by atoms with van der Waals surface area (Å²) in [6.07, 6.45) is 1.22. The van der Waals surface area contributed by atoms with E-state index in [1.54, 1.807) is 4.90 Å². The lowest BCUT2D eigenvalue weighted by Gasteiger charge is -2.46. The van der Waals surface area contributed by atoms with Gasteiger partial charge < -0.3 is 14.6 Å². The van der Waals surface area contributed by atoms with Gasteiger partial charge in [-0.15, -0.1) is 0 Å². The summed E-state index contributed by atoms with van der Waals surface area (Å²) in [5.41, 5.74) is 2.22. The summed E-state index contributed by atoms with van der Waals surface area (Å²) < 4.78 is 5.06. The molecule has 1 saturated heterocycles. The lowest BCUT2D eigenvalue weighted by Crippen LogP contribution is -2.58. The zero-order valence-corrected chi connectivity index (χ0v) is 16.4. The van der Waals surface area contributed by atoms with E-state index in [0.717, 1.165) is 22.2 Å². The molecule has 8 heteroatoms. The van der Waals surface area contributed by atoms with Crippen LogP contribution >= 0.6 is 0 Å². The maximum atomic E-state index is 13.1. The molecule has 2 unspecified atom stereocenters. The van der Waals surface area contributed by atoms with Crippen molar-refractivity contribution in [2.45, 2.75) is 37.8 Å². The number of nitro groups is 1. The highest BCUT2D eigenvalue weighted by atomic mass is 16.6. The van der Waals surface area contributed by atoms with Crippen molar-refractivity contribution >= 4 is 22.8 Å². The fourth-order valence-corrected chi connectivity index (χ4v) is 6.38. The van der Waals surface area contributed by atoms with E-state index in [0.29, 0.717) is 12.8 Å². The number of carbonyl (C=O) groups excluding carboxylic acids is 2. The highest BCUT2D eigenvalue weighted by molar-refractivity contribution is 5.92. The van der Waals surface area contributed by atoms with Gasteiger partial charge in [0, 0.05) is 46.2 Å². The van der Waals surface area contributed by atoms with Gasteiger partial charge in [-0.05, 0) is 24.0 Å². The molecule has 3 heterocycles. The number of fused-ring (bicyclic) bond motifs is 3. The van der Waals surface area contributed by atoms with Crippen molar-refractivity contribution in [3.05, 3.63) is 45.6 Å². The van der Waals surface area contributed by atoms with E-state index in [9.17, 15) is 19.7 Å². The Labute approximate surface area is 167 Å². The molecule has 0 radical (unpaired) electrons. The summed E-state index contributed by atoms with van der Waals surface area (Å²) in [6, 6.07) is 7.20. The second-order valence-electron chi connectivity index (χ2n) is 8.63. The third kappa shape index (κ3) is 2.25. The summed E-state index contributed by atoms with van der Waals surface area (Å²) in [4.78, 5) is 42.2. The molecular formula is C21H23N3O5. The van der Waals surface area contributed by atoms with Crippen LogP contribution in [0, 0.1) is 27.9 Å². The summed E-state index contributed by atoms with van der Waals surface area (Å²) in [5.74, 6) is -0.893. The van der Waals surface area contributed by atoms with Crippen LogP contribution in [0.1, 0.15) is 31.0 Å². The monoisotopic (exact) mass is 397 g/mol. The molecule has 1 saturated carbocycles. The predicted octanol–water partition coefficient (Wildman–Crippen LogP) is 2.24. The van der Waals surface area contributed by atoms with Crippen molar-refractivity contribution < 1.29 is 19.2 Å². The van der Waals surface area contributed by atoms with Crippen LogP contribution in [0.15, 0.2) is 24.3 Å². The molecule has 1 amide bonds. The number of hydrogen-bond donors (Lipinski definition) is 1. The van der Waals surface area contributed by atoms with Crippen molar-refractivity contribution in [3.63, 3.8) is 0 Å². The van der Waals surface area contributed by atoms with Crippen molar-refractivity contribution in [1.29, 1.82) is 0 Å². The molecule has 1 spiro atoms. The lowest BCUT2D eigenvalue weighted by molar-refractivity contribution is -0.491.